The number of hydrogen-bond acceptors (Lipinski definition) is 3. The van der Waals surface area contributed by atoms with Crippen molar-refractivity contribution in [3.05, 3.63) is 83.0 Å². The topological polar surface area (TPSA) is 63.1 Å². The Hall–Kier alpha value is -3.60. The first kappa shape index (κ1) is 21.7. The summed E-state index contributed by atoms with van der Waals surface area (Å²) in [6.45, 7) is 0.132. The van der Waals surface area contributed by atoms with Gasteiger partial charge in [-0.1, -0.05) is 36.4 Å². The van der Waals surface area contributed by atoms with Gasteiger partial charge in [0.1, 0.15) is 6.54 Å². The molecule has 4 aromatic rings. The van der Waals surface area contributed by atoms with Crippen molar-refractivity contribution in [3.63, 3.8) is 0 Å². The summed E-state index contributed by atoms with van der Waals surface area (Å²) in [6, 6.07) is 23.2. The second-order valence-corrected chi connectivity index (χ2v) is 11.4. The van der Waals surface area contributed by atoms with E-state index in [4.69, 9.17) is 0 Å². The van der Waals surface area contributed by atoms with Crippen LogP contribution < -0.4 is 16.1 Å². The number of anilines is 2. The lowest BCUT2D eigenvalue weighted by molar-refractivity contribution is -0.116. The molecule has 4 saturated carbocycles. The van der Waals surface area contributed by atoms with E-state index in [-0.39, 0.29) is 23.4 Å². The normalized spacial score (nSPS) is 26.4. The predicted molar refractivity (Wildman–Crippen MR) is 145 cm³/mol. The third-order valence-corrected chi connectivity index (χ3v) is 8.82. The number of nitrogens with zero attached hydrogens (tertiary/aromatic N) is 1. The van der Waals surface area contributed by atoms with Gasteiger partial charge in [-0.3, -0.25) is 9.59 Å². The fourth-order valence-electron chi connectivity index (χ4n) is 7.83. The molecule has 0 unspecified atom stereocenters. The average Bonchev–Trinajstić information content (AvgIpc) is 2.87. The molecule has 5 nitrogen and oxygen atoms in total. The zero-order valence-electron chi connectivity index (χ0n) is 20.4. The van der Waals surface area contributed by atoms with Crippen molar-refractivity contribution in [2.75, 3.05) is 10.6 Å². The van der Waals surface area contributed by atoms with Crippen LogP contribution in [0.5, 0.6) is 0 Å². The third kappa shape index (κ3) is 3.60. The number of para-hydroxylation sites is 4. The molecule has 0 aliphatic heterocycles. The van der Waals surface area contributed by atoms with Gasteiger partial charge in [-0.15, -0.1) is 0 Å². The smallest absolute Gasteiger partial charge is 0.244 e. The molecule has 0 saturated heterocycles. The summed E-state index contributed by atoms with van der Waals surface area (Å²) in [7, 11) is 0. The predicted octanol–water partition coefficient (Wildman–Crippen LogP) is 6.17. The van der Waals surface area contributed by atoms with Crippen LogP contribution in [0, 0.1) is 17.8 Å². The standard InChI is InChI=1S/C31H31N3O2/c35-29(19-34-27-11-5-1-7-23(27)30(36)24-8-2-6-12-28(24)34)32-25-9-3-4-10-26(25)33-31-16-20-13-21(17-31)15-22(14-20)18-31/h1-12,20-22,33H,13-19H2,(H,32,35). The maximum atomic E-state index is 13.4. The highest BCUT2D eigenvalue weighted by Crippen LogP contribution is 2.56. The Bertz CT molecular complexity index is 1460. The summed E-state index contributed by atoms with van der Waals surface area (Å²) in [5, 5.41) is 8.38. The fraction of sp³-hybridized carbons (Fsp3) is 0.355. The highest BCUT2D eigenvalue weighted by atomic mass is 16.2. The Morgan fingerprint density at radius 3 is 1.83 bits per heavy atom. The van der Waals surface area contributed by atoms with Gasteiger partial charge in [-0.2, -0.15) is 0 Å². The van der Waals surface area contributed by atoms with Crippen molar-refractivity contribution in [2.24, 2.45) is 17.8 Å². The summed E-state index contributed by atoms with van der Waals surface area (Å²) >= 11 is 0. The fourth-order valence-corrected chi connectivity index (χ4v) is 7.83. The number of amides is 1. The van der Waals surface area contributed by atoms with Crippen LogP contribution in [0.3, 0.4) is 0 Å². The summed E-state index contributed by atoms with van der Waals surface area (Å²) in [5.74, 6) is 2.46. The second-order valence-electron chi connectivity index (χ2n) is 11.4. The number of nitrogens with one attached hydrogen (secondary N) is 2. The SMILES string of the molecule is O=C(Cn1c2ccccc2c(=O)c2ccccc21)Nc1ccccc1NC12CC3CC(CC(C3)C1)C2. The van der Waals surface area contributed by atoms with Crippen LogP contribution in [-0.2, 0) is 11.3 Å². The maximum absolute atomic E-state index is 13.4. The summed E-state index contributed by atoms with van der Waals surface area (Å²) in [4.78, 5) is 26.5. The van der Waals surface area contributed by atoms with Crippen LogP contribution >= 0.6 is 0 Å². The molecular formula is C31H31N3O2. The van der Waals surface area contributed by atoms with Crippen LogP contribution in [0.2, 0.25) is 0 Å². The summed E-state index contributed by atoms with van der Waals surface area (Å²) in [5.41, 5.74) is 3.56. The monoisotopic (exact) mass is 477 g/mol. The van der Waals surface area contributed by atoms with E-state index < -0.39 is 0 Å². The van der Waals surface area contributed by atoms with Gasteiger partial charge in [0.05, 0.1) is 22.4 Å². The molecular weight excluding hydrogens is 446 g/mol. The maximum Gasteiger partial charge on any atom is 0.244 e. The molecule has 4 fully saturated rings. The molecule has 4 bridgehead atoms. The molecule has 4 aliphatic carbocycles. The molecule has 4 aliphatic rings. The van der Waals surface area contributed by atoms with Crippen molar-refractivity contribution in [3.8, 4) is 0 Å². The molecule has 0 spiro atoms. The Balaban J connectivity index is 1.19. The molecule has 2 N–H and O–H groups in total. The number of benzene rings is 3. The van der Waals surface area contributed by atoms with Crippen molar-refractivity contribution >= 4 is 39.1 Å². The zero-order valence-corrected chi connectivity index (χ0v) is 20.4. The van der Waals surface area contributed by atoms with Crippen molar-refractivity contribution in [1.29, 1.82) is 0 Å². The highest BCUT2D eigenvalue weighted by Gasteiger charge is 2.51. The Kier molecular flexibility index (Phi) is 4.95. The van der Waals surface area contributed by atoms with Crippen LogP contribution in [0.1, 0.15) is 38.5 Å². The minimum Gasteiger partial charge on any atom is -0.378 e. The average molecular weight is 478 g/mol. The van der Waals surface area contributed by atoms with E-state index >= 15 is 0 Å². The number of pyridine rings is 1. The van der Waals surface area contributed by atoms with Gasteiger partial charge >= 0.3 is 0 Å². The lowest BCUT2D eigenvalue weighted by Gasteiger charge is -2.57. The molecule has 8 rings (SSSR count). The van der Waals surface area contributed by atoms with E-state index in [1.54, 1.807) is 0 Å². The van der Waals surface area contributed by atoms with Gasteiger partial charge in [0.2, 0.25) is 5.91 Å². The summed E-state index contributed by atoms with van der Waals surface area (Å²) < 4.78 is 1.95. The lowest BCUT2D eigenvalue weighted by Crippen LogP contribution is -2.54. The van der Waals surface area contributed by atoms with Crippen molar-refractivity contribution < 1.29 is 4.79 Å². The largest absolute Gasteiger partial charge is 0.378 e. The van der Waals surface area contributed by atoms with E-state index in [1.165, 1.54) is 38.5 Å². The number of carbonyl (C=O) groups excluding carboxylic acids is 1. The molecule has 0 atom stereocenters. The molecule has 1 amide bonds. The van der Waals surface area contributed by atoms with Crippen LogP contribution in [0.25, 0.3) is 21.8 Å². The molecule has 1 heterocycles. The number of fused-ring (bicyclic) bond motifs is 2. The van der Waals surface area contributed by atoms with Crippen LogP contribution in [0.15, 0.2) is 77.6 Å². The first-order chi connectivity index (χ1) is 17.6. The molecule has 5 heteroatoms. The van der Waals surface area contributed by atoms with Gasteiger partial charge in [0.25, 0.3) is 0 Å². The quantitative estimate of drug-likeness (QED) is 0.338. The number of hydrogen-bond donors (Lipinski definition) is 2. The third-order valence-electron chi connectivity index (χ3n) is 8.82. The first-order valence-electron chi connectivity index (χ1n) is 13.2. The van der Waals surface area contributed by atoms with Gasteiger partial charge < -0.3 is 15.2 Å². The minimum atomic E-state index is -0.103. The van der Waals surface area contributed by atoms with E-state index in [9.17, 15) is 9.59 Å². The van der Waals surface area contributed by atoms with Gasteiger partial charge in [-0.05, 0) is 92.7 Å². The molecule has 182 valence electrons. The van der Waals surface area contributed by atoms with E-state index in [2.05, 4.69) is 16.7 Å². The zero-order chi connectivity index (χ0) is 24.3. The number of carbonyl (C=O) groups is 1. The number of aromatic nitrogens is 1. The molecule has 3 aromatic carbocycles. The lowest BCUT2D eigenvalue weighted by atomic mass is 9.53. The summed E-state index contributed by atoms with van der Waals surface area (Å²) in [6.07, 6.45) is 7.95. The van der Waals surface area contributed by atoms with E-state index in [1.807, 2.05) is 71.3 Å². The van der Waals surface area contributed by atoms with Crippen molar-refractivity contribution in [2.45, 2.75) is 50.6 Å². The molecule has 36 heavy (non-hydrogen) atoms. The van der Waals surface area contributed by atoms with Gasteiger partial charge in [0, 0.05) is 16.3 Å². The first-order valence-corrected chi connectivity index (χ1v) is 13.2. The van der Waals surface area contributed by atoms with Gasteiger partial charge in [0.15, 0.2) is 5.43 Å². The van der Waals surface area contributed by atoms with Crippen molar-refractivity contribution in [1.82, 2.24) is 4.57 Å². The van der Waals surface area contributed by atoms with Crippen LogP contribution in [0.4, 0.5) is 11.4 Å². The second kappa shape index (κ2) is 8.22. The Morgan fingerprint density at radius 1 is 0.750 bits per heavy atom. The Morgan fingerprint density at radius 2 is 1.25 bits per heavy atom. The Labute approximate surface area is 210 Å². The van der Waals surface area contributed by atoms with Crippen LogP contribution in [-0.4, -0.2) is 16.0 Å². The van der Waals surface area contributed by atoms with E-state index in [0.29, 0.717) is 10.8 Å². The van der Waals surface area contributed by atoms with Gasteiger partial charge in [-0.25, -0.2) is 0 Å². The molecule has 0 radical (unpaired) electrons. The number of rotatable bonds is 5. The molecule has 1 aromatic heterocycles. The van der Waals surface area contributed by atoms with E-state index in [0.717, 1.165) is 40.2 Å². The minimum absolute atomic E-state index is 0.00276. The highest BCUT2D eigenvalue weighted by molar-refractivity contribution is 5.98.